The molecule has 8 heteroatoms. The third kappa shape index (κ3) is 4.39. The Morgan fingerprint density at radius 2 is 2.03 bits per heavy atom. The van der Waals surface area contributed by atoms with Gasteiger partial charge in [0.2, 0.25) is 11.8 Å². The predicted molar refractivity (Wildman–Crippen MR) is 107 cm³/mol. The quantitative estimate of drug-likeness (QED) is 0.759. The van der Waals surface area contributed by atoms with E-state index in [4.69, 9.17) is 11.6 Å². The van der Waals surface area contributed by atoms with Crippen molar-refractivity contribution in [2.45, 2.75) is 57.0 Å². The Morgan fingerprint density at radius 3 is 2.72 bits per heavy atom. The lowest BCUT2D eigenvalue weighted by molar-refractivity contribution is -0.119. The van der Waals surface area contributed by atoms with Crippen LogP contribution >= 0.6 is 11.6 Å². The van der Waals surface area contributed by atoms with E-state index < -0.39 is 5.92 Å². The van der Waals surface area contributed by atoms with Crippen molar-refractivity contribution in [3.05, 3.63) is 35.0 Å². The average molecular weight is 424 g/mol. The Labute approximate surface area is 172 Å². The number of hydrogen-bond donors (Lipinski definition) is 2. The molecule has 0 bridgehead atoms. The van der Waals surface area contributed by atoms with Gasteiger partial charge in [-0.25, -0.2) is 8.78 Å². The Bertz CT molecular complexity index is 933. The van der Waals surface area contributed by atoms with Gasteiger partial charge in [0.1, 0.15) is 0 Å². The molecule has 1 saturated carbocycles. The van der Waals surface area contributed by atoms with Crippen molar-refractivity contribution >= 4 is 34.3 Å². The van der Waals surface area contributed by atoms with Crippen LogP contribution in [0, 0.1) is 5.92 Å². The first-order chi connectivity index (χ1) is 13.8. The van der Waals surface area contributed by atoms with Crippen LogP contribution < -0.4 is 10.6 Å². The van der Waals surface area contributed by atoms with Crippen molar-refractivity contribution in [3.63, 3.8) is 0 Å². The fourth-order valence-corrected chi connectivity index (χ4v) is 4.59. The molecule has 0 radical (unpaired) electrons. The average Bonchev–Trinajstić information content (AvgIpc) is 3.25. The lowest BCUT2D eigenvalue weighted by atomic mass is 9.87. The number of rotatable bonds is 5. The van der Waals surface area contributed by atoms with Gasteiger partial charge < -0.3 is 15.2 Å². The van der Waals surface area contributed by atoms with Crippen molar-refractivity contribution in [2.75, 3.05) is 6.54 Å². The second-order valence-corrected chi connectivity index (χ2v) is 8.55. The molecule has 2 N–H and O–H groups in total. The maximum Gasteiger partial charge on any atom is 0.253 e. The molecule has 1 aliphatic heterocycles. The number of aromatic nitrogens is 1. The first-order valence-electron chi connectivity index (χ1n) is 10.1. The summed E-state index contributed by atoms with van der Waals surface area (Å²) in [6.45, 7) is 0.943. The molecular formula is C21H24ClF2N3O2. The summed E-state index contributed by atoms with van der Waals surface area (Å²) >= 11 is 6.39. The van der Waals surface area contributed by atoms with Crippen LogP contribution in [0.25, 0.3) is 10.9 Å². The van der Waals surface area contributed by atoms with Crippen LogP contribution in [0.4, 0.5) is 8.78 Å². The third-order valence-electron chi connectivity index (χ3n) is 5.99. The monoisotopic (exact) mass is 423 g/mol. The predicted octanol–water partition coefficient (Wildman–Crippen LogP) is 4.13. The highest BCUT2D eigenvalue weighted by molar-refractivity contribution is 6.36. The van der Waals surface area contributed by atoms with Gasteiger partial charge in [0.05, 0.1) is 16.1 Å². The molecule has 29 heavy (non-hydrogen) atoms. The van der Waals surface area contributed by atoms with E-state index in [9.17, 15) is 18.4 Å². The van der Waals surface area contributed by atoms with Gasteiger partial charge in [0, 0.05) is 50.0 Å². The summed E-state index contributed by atoms with van der Waals surface area (Å²) in [5.74, 6) is -2.72. The van der Waals surface area contributed by atoms with Crippen molar-refractivity contribution in [3.8, 4) is 0 Å². The smallest absolute Gasteiger partial charge is 0.253 e. The number of benzene rings is 1. The number of halogens is 3. The Kier molecular flexibility index (Phi) is 5.51. The standard InChI is InChI=1S/C21H24ClF2N3O2/c22-16-2-1-3-17-19(16)15(12-27(17)11-14-4-5-18(28)26-14)20(29)25-10-13-6-8-21(23,24)9-7-13/h1-3,12-14H,4-11H2,(H,25,29)(H,26,28)/t14-/m1/s1. The molecule has 0 spiro atoms. The Morgan fingerprint density at radius 1 is 1.28 bits per heavy atom. The fraction of sp³-hybridized carbons (Fsp3) is 0.524. The molecule has 1 aliphatic carbocycles. The number of amides is 2. The molecule has 4 rings (SSSR count). The van der Waals surface area contributed by atoms with Crippen molar-refractivity contribution in [1.29, 1.82) is 0 Å². The minimum atomic E-state index is -2.57. The molecular weight excluding hydrogens is 400 g/mol. The van der Waals surface area contributed by atoms with E-state index in [0.717, 1.165) is 11.9 Å². The van der Waals surface area contributed by atoms with E-state index >= 15 is 0 Å². The van der Waals surface area contributed by atoms with Gasteiger partial charge in [-0.3, -0.25) is 9.59 Å². The minimum Gasteiger partial charge on any atom is -0.352 e. The zero-order valence-electron chi connectivity index (χ0n) is 16.0. The molecule has 2 fully saturated rings. The van der Waals surface area contributed by atoms with Crippen LogP contribution in [0.2, 0.25) is 5.02 Å². The Balaban J connectivity index is 1.50. The van der Waals surface area contributed by atoms with E-state index in [0.29, 0.717) is 48.3 Å². The van der Waals surface area contributed by atoms with Gasteiger partial charge in [0.15, 0.2) is 0 Å². The molecule has 1 aromatic carbocycles. The van der Waals surface area contributed by atoms with Crippen LogP contribution in [0.3, 0.4) is 0 Å². The zero-order chi connectivity index (χ0) is 20.6. The lowest BCUT2D eigenvalue weighted by Crippen LogP contribution is -2.33. The molecule has 2 aromatic rings. The normalized spacial score (nSPS) is 22.0. The number of carbonyl (C=O) groups is 2. The zero-order valence-corrected chi connectivity index (χ0v) is 16.8. The third-order valence-corrected chi connectivity index (χ3v) is 6.30. The first kappa shape index (κ1) is 20.1. The summed E-state index contributed by atoms with van der Waals surface area (Å²) in [7, 11) is 0. The van der Waals surface area contributed by atoms with Crippen molar-refractivity contribution in [1.82, 2.24) is 15.2 Å². The number of carbonyl (C=O) groups excluding carboxylic acids is 2. The number of nitrogens with one attached hydrogen (secondary N) is 2. The van der Waals surface area contributed by atoms with E-state index in [2.05, 4.69) is 10.6 Å². The van der Waals surface area contributed by atoms with Gasteiger partial charge >= 0.3 is 0 Å². The number of hydrogen-bond acceptors (Lipinski definition) is 2. The summed E-state index contributed by atoms with van der Waals surface area (Å²) in [4.78, 5) is 24.4. The van der Waals surface area contributed by atoms with E-state index in [1.165, 1.54) is 0 Å². The number of alkyl halides is 2. The Hall–Kier alpha value is -2.15. The molecule has 156 valence electrons. The van der Waals surface area contributed by atoms with Gasteiger partial charge in [-0.1, -0.05) is 17.7 Å². The molecule has 2 aliphatic rings. The molecule has 2 amide bonds. The second-order valence-electron chi connectivity index (χ2n) is 8.14. The summed E-state index contributed by atoms with van der Waals surface area (Å²) in [6.07, 6.45) is 3.63. The molecule has 1 saturated heterocycles. The summed E-state index contributed by atoms with van der Waals surface area (Å²) < 4.78 is 28.6. The van der Waals surface area contributed by atoms with Crippen LogP contribution in [-0.4, -0.2) is 34.9 Å². The minimum absolute atomic E-state index is 0.0249. The second kappa shape index (κ2) is 7.94. The van der Waals surface area contributed by atoms with Crippen LogP contribution in [0.5, 0.6) is 0 Å². The molecule has 1 aromatic heterocycles. The molecule has 2 heterocycles. The fourth-order valence-electron chi connectivity index (χ4n) is 4.32. The van der Waals surface area contributed by atoms with Gasteiger partial charge in [-0.05, 0) is 37.3 Å². The molecule has 5 nitrogen and oxygen atoms in total. The van der Waals surface area contributed by atoms with Gasteiger partial charge in [-0.15, -0.1) is 0 Å². The first-order valence-corrected chi connectivity index (χ1v) is 10.4. The highest BCUT2D eigenvalue weighted by atomic mass is 35.5. The molecule has 1 atom stereocenters. The highest BCUT2D eigenvalue weighted by Crippen LogP contribution is 2.36. The largest absolute Gasteiger partial charge is 0.352 e. The summed E-state index contributed by atoms with van der Waals surface area (Å²) in [5, 5.41) is 7.00. The summed E-state index contributed by atoms with van der Waals surface area (Å²) in [5.41, 5.74) is 1.30. The van der Waals surface area contributed by atoms with E-state index in [-0.39, 0.29) is 36.6 Å². The van der Waals surface area contributed by atoms with Gasteiger partial charge in [0.25, 0.3) is 5.91 Å². The van der Waals surface area contributed by atoms with Crippen LogP contribution in [0.15, 0.2) is 24.4 Å². The summed E-state index contributed by atoms with van der Waals surface area (Å²) in [6, 6.07) is 5.50. The van der Waals surface area contributed by atoms with E-state index in [1.54, 1.807) is 12.3 Å². The van der Waals surface area contributed by atoms with Crippen LogP contribution in [0.1, 0.15) is 48.9 Å². The van der Waals surface area contributed by atoms with Crippen LogP contribution in [-0.2, 0) is 11.3 Å². The topological polar surface area (TPSA) is 63.1 Å². The lowest BCUT2D eigenvalue weighted by Gasteiger charge is -2.28. The highest BCUT2D eigenvalue weighted by Gasteiger charge is 2.35. The van der Waals surface area contributed by atoms with Crippen molar-refractivity contribution < 1.29 is 18.4 Å². The SMILES string of the molecule is O=C1CC[C@H](Cn2cc(C(=O)NCC3CCC(F)(F)CC3)c3c(Cl)cccc32)N1. The maximum atomic E-state index is 13.3. The number of fused-ring (bicyclic) bond motifs is 1. The van der Waals surface area contributed by atoms with Crippen molar-refractivity contribution in [2.24, 2.45) is 5.92 Å². The van der Waals surface area contributed by atoms with E-state index in [1.807, 2.05) is 16.7 Å². The molecule has 0 unspecified atom stereocenters. The number of nitrogens with zero attached hydrogens (tertiary/aromatic N) is 1. The van der Waals surface area contributed by atoms with Gasteiger partial charge in [-0.2, -0.15) is 0 Å². The maximum absolute atomic E-state index is 13.3.